The van der Waals surface area contributed by atoms with Crippen molar-refractivity contribution in [3.63, 3.8) is 0 Å². The van der Waals surface area contributed by atoms with Crippen molar-refractivity contribution < 1.29 is 9.90 Å². The van der Waals surface area contributed by atoms with Crippen LogP contribution in [0, 0.1) is 0 Å². The van der Waals surface area contributed by atoms with Crippen molar-refractivity contribution in [3.05, 3.63) is 65.4 Å². The summed E-state index contributed by atoms with van der Waals surface area (Å²) >= 11 is 0. The number of carbonyl (C=O) groups is 1. The molecular weight excluding hydrogens is 400 g/mol. The lowest BCUT2D eigenvalue weighted by Gasteiger charge is -2.24. The lowest BCUT2D eigenvalue weighted by molar-refractivity contribution is -0.118. The minimum Gasteiger partial charge on any atom is -0.389 e. The van der Waals surface area contributed by atoms with Gasteiger partial charge in [0.25, 0.3) is 0 Å². The van der Waals surface area contributed by atoms with E-state index in [4.69, 9.17) is 5.10 Å². The monoisotopic (exact) mass is 432 g/mol. The van der Waals surface area contributed by atoms with Crippen LogP contribution in [0.3, 0.4) is 0 Å². The number of aliphatic hydroxyl groups is 1. The Morgan fingerprint density at radius 1 is 1.16 bits per heavy atom. The first kappa shape index (κ1) is 22.1. The number of nitrogens with one attached hydrogen (secondary N) is 1. The molecule has 1 unspecified atom stereocenters. The lowest BCUT2D eigenvalue weighted by Crippen LogP contribution is -2.30. The minimum atomic E-state index is -0.500. The van der Waals surface area contributed by atoms with Gasteiger partial charge in [-0.2, -0.15) is 5.10 Å². The van der Waals surface area contributed by atoms with E-state index in [1.807, 2.05) is 35.2 Å². The number of aromatic nitrogens is 2. The number of aryl methyl sites for hydroxylation is 1. The largest absolute Gasteiger partial charge is 0.389 e. The first-order valence-corrected chi connectivity index (χ1v) is 11.5. The van der Waals surface area contributed by atoms with Crippen LogP contribution >= 0.6 is 0 Å². The van der Waals surface area contributed by atoms with E-state index in [-0.39, 0.29) is 0 Å². The van der Waals surface area contributed by atoms with E-state index >= 15 is 0 Å². The maximum absolute atomic E-state index is 11.4. The number of carbonyl (C=O) groups excluding carboxylic acids is 1. The maximum atomic E-state index is 11.4. The molecule has 1 aliphatic heterocycles. The number of benzene rings is 2. The van der Waals surface area contributed by atoms with Gasteiger partial charge in [0, 0.05) is 36.5 Å². The Hall–Kier alpha value is -3.12. The molecule has 1 aromatic heterocycles. The molecule has 168 valence electrons. The first-order valence-electron chi connectivity index (χ1n) is 11.5. The zero-order valence-corrected chi connectivity index (χ0v) is 18.9. The van der Waals surface area contributed by atoms with Gasteiger partial charge in [0.1, 0.15) is 0 Å². The Morgan fingerprint density at radius 2 is 1.94 bits per heavy atom. The van der Waals surface area contributed by atoms with Crippen LogP contribution in [0.5, 0.6) is 0 Å². The van der Waals surface area contributed by atoms with Gasteiger partial charge in [-0.05, 0) is 48.2 Å². The van der Waals surface area contributed by atoms with Crippen LogP contribution < -0.4 is 5.32 Å². The zero-order valence-electron chi connectivity index (χ0n) is 18.9. The Morgan fingerprint density at radius 3 is 2.69 bits per heavy atom. The minimum absolute atomic E-state index is 0.500. The number of anilines is 2. The Labute approximate surface area is 189 Å². The lowest BCUT2D eigenvalue weighted by atomic mass is 10.0. The van der Waals surface area contributed by atoms with Crippen LogP contribution in [0.2, 0.25) is 0 Å². The summed E-state index contributed by atoms with van der Waals surface area (Å²) in [5.74, 6) is 0.831. The number of fused-ring (bicyclic) bond motifs is 1. The van der Waals surface area contributed by atoms with Gasteiger partial charge in [-0.25, -0.2) is 0 Å². The van der Waals surface area contributed by atoms with Gasteiger partial charge in [-0.15, -0.1) is 0 Å². The molecule has 0 spiro atoms. The molecule has 0 bridgehead atoms. The van der Waals surface area contributed by atoms with Gasteiger partial charge in [0.2, 0.25) is 6.41 Å². The number of nitrogens with zero attached hydrogens (tertiary/aromatic N) is 3. The number of rotatable bonds is 9. The summed E-state index contributed by atoms with van der Waals surface area (Å²) in [4.78, 5) is 13.2. The molecule has 0 aliphatic carbocycles. The second kappa shape index (κ2) is 10.0. The summed E-state index contributed by atoms with van der Waals surface area (Å²) in [7, 11) is 0. The predicted octanol–water partition coefficient (Wildman–Crippen LogP) is 5.05. The van der Waals surface area contributed by atoms with E-state index < -0.39 is 6.10 Å². The molecular formula is C26H32N4O2. The molecule has 6 heteroatoms. The van der Waals surface area contributed by atoms with Crippen molar-refractivity contribution in [1.29, 1.82) is 0 Å². The van der Waals surface area contributed by atoms with Crippen molar-refractivity contribution in [3.8, 4) is 11.1 Å². The Bertz CT molecular complexity index is 1070. The highest BCUT2D eigenvalue weighted by atomic mass is 16.3. The Balaban J connectivity index is 1.62. The van der Waals surface area contributed by atoms with E-state index in [1.165, 1.54) is 18.5 Å². The second-order valence-electron chi connectivity index (χ2n) is 8.54. The molecule has 3 aromatic rings. The molecule has 4 rings (SSSR count). The van der Waals surface area contributed by atoms with Crippen molar-refractivity contribution >= 4 is 17.9 Å². The number of hydrogen-bond acceptors (Lipinski definition) is 4. The Kier molecular flexibility index (Phi) is 6.90. The van der Waals surface area contributed by atoms with Gasteiger partial charge in [-0.3, -0.25) is 9.48 Å². The fourth-order valence-electron chi connectivity index (χ4n) is 4.29. The van der Waals surface area contributed by atoms with Crippen LogP contribution in [-0.2, 0) is 24.3 Å². The number of amides is 1. The maximum Gasteiger partial charge on any atom is 0.210 e. The van der Waals surface area contributed by atoms with Crippen LogP contribution in [-0.4, -0.2) is 32.7 Å². The summed E-state index contributed by atoms with van der Waals surface area (Å²) in [5, 5.41) is 18.3. The highest BCUT2D eigenvalue weighted by Gasteiger charge is 2.24. The average molecular weight is 433 g/mol. The van der Waals surface area contributed by atoms with E-state index in [9.17, 15) is 9.90 Å². The van der Waals surface area contributed by atoms with E-state index in [0.29, 0.717) is 6.54 Å². The molecule has 1 atom stereocenters. The standard InChI is InChI=1S/C26H32N4O2/c1-3-4-5-13-30-25-12-14-29(18-31)17-24(25)26(28-30)27-23-11-7-10-22(16-23)21-9-6-8-20(15-21)19(2)32/h6-11,15-16,18-19,32H,3-5,12-14,17H2,1-2H3,(H,27,28). The summed E-state index contributed by atoms with van der Waals surface area (Å²) in [6, 6.07) is 16.2. The molecule has 0 saturated carbocycles. The van der Waals surface area contributed by atoms with Gasteiger partial charge in [0.15, 0.2) is 5.82 Å². The number of unbranched alkanes of at least 4 members (excludes halogenated alkanes) is 2. The topological polar surface area (TPSA) is 70.4 Å². The van der Waals surface area contributed by atoms with Crippen LogP contribution in [0.15, 0.2) is 48.5 Å². The van der Waals surface area contributed by atoms with Crippen LogP contribution in [0.1, 0.15) is 56.0 Å². The van der Waals surface area contributed by atoms with Gasteiger partial charge in [-0.1, -0.05) is 50.1 Å². The van der Waals surface area contributed by atoms with E-state index in [0.717, 1.165) is 66.1 Å². The van der Waals surface area contributed by atoms with Crippen molar-refractivity contribution in [2.24, 2.45) is 0 Å². The number of hydrogen-bond donors (Lipinski definition) is 2. The summed E-state index contributed by atoms with van der Waals surface area (Å²) in [6.07, 6.45) is 4.73. The van der Waals surface area contributed by atoms with Gasteiger partial charge < -0.3 is 15.3 Å². The molecule has 1 aliphatic rings. The quantitative estimate of drug-likeness (QED) is 0.367. The van der Waals surface area contributed by atoms with E-state index in [2.05, 4.69) is 35.1 Å². The smallest absolute Gasteiger partial charge is 0.210 e. The summed E-state index contributed by atoms with van der Waals surface area (Å²) < 4.78 is 2.13. The van der Waals surface area contributed by atoms with Crippen LogP contribution in [0.25, 0.3) is 11.1 Å². The highest BCUT2D eigenvalue weighted by molar-refractivity contribution is 5.71. The van der Waals surface area contributed by atoms with Gasteiger partial charge >= 0.3 is 0 Å². The second-order valence-corrected chi connectivity index (χ2v) is 8.54. The molecule has 2 aromatic carbocycles. The average Bonchev–Trinajstić information content (AvgIpc) is 3.16. The summed E-state index contributed by atoms with van der Waals surface area (Å²) in [5.41, 5.74) is 6.34. The third-order valence-electron chi connectivity index (χ3n) is 6.11. The zero-order chi connectivity index (χ0) is 22.5. The van der Waals surface area contributed by atoms with Crippen molar-refractivity contribution in [2.75, 3.05) is 11.9 Å². The molecule has 0 fully saturated rings. The first-order chi connectivity index (χ1) is 15.6. The summed E-state index contributed by atoms with van der Waals surface area (Å²) in [6.45, 7) is 6.22. The molecule has 2 N–H and O–H groups in total. The SMILES string of the molecule is CCCCCn1nc(Nc2cccc(-c3cccc(C(C)O)c3)c2)c2c1CCN(C=O)C2. The third-order valence-corrected chi connectivity index (χ3v) is 6.11. The normalized spacial score (nSPS) is 14.2. The predicted molar refractivity (Wildman–Crippen MR) is 128 cm³/mol. The third kappa shape index (κ3) is 4.86. The molecule has 1 amide bonds. The fourth-order valence-corrected chi connectivity index (χ4v) is 4.29. The number of aliphatic hydroxyl groups excluding tert-OH is 1. The fraction of sp³-hybridized carbons (Fsp3) is 0.385. The van der Waals surface area contributed by atoms with Gasteiger partial charge in [0.05, 0.1) is 12.6 Å². The molecule has 0 radical (unpaired) electrons. The molecule has 2 heterocycles. The van der Waals surface area contributed by atoms with E-state index in [1.54, 1.807) is 6.92 Å². The molecule has 0 saturated heterocycles. The van der Waals surface area contributed by atoms with Crippen LogP contribution in [0.4, 0.5) is 11.5 Å². The molecule has 6 nitrogen and oxygen atoms in total. The molecule has 32 heavy (non-hydrogen) atoms. The van der Waals surface area contributed by atoms with Crippen molar-refractivity contribution in [1.82, 2.24) is 14.7 Å². The van der Waals surface area contributed by atoms with Crippen molar-refractivity contribution in [2.45, 2.75) is 58.7 Å². The highest BCUT2D eigenvalue weighted by Crippen LogP contribution is 2.31.